The molecule has 0 saturated carbocycles. The number of fused-ring (bicyclic) bond motifs is 1. The molecule has 0 aromatic heterocycles. The Morgan fingerprint density at radius 2 is 2.13 bits per heavy atom. The molecule has 0 aliphatic heterocycles. The van der Waals surface area contributed by atoms with Crippen LogP contribution in [-0.2, 0) is 15.9 Å². The largest absolute Gasteiger partial charge is 0.444 e. The van der Waals surface area contributed by atoms with E-state index in [1.807, 2.05) is 39.8 Å². The number of alkyl carbamates (subject to hydrolysis) is 1. The molecule has 1 aliphatic rings. The Hall–Kier alpha value is -1.59. The molecule has 0 bridgehead atoms. The molecular weight excluding hydrogens is 294 g/mol. The highest BCUT2D eigenvalue weighted by molar-refractivity contribution is 5.69. The molecule has 1 amide bonds. The van der Waals surface area contributed by atoms with Gasteiger partial charge < -0.3 is 19.9 Å². The van der Waals surface area contributed by atoms with Crippen molar-refractivity contribution in [1.82, 2.24) is 5.32 Å². The van der Waals surface area contributed by atoms with Gasteiger partial charge >= 0.3 is 6.09 Å². The average molecular weight is 321 g/mol. The summed E-state index contributed by atoms with van der Waals surface area (Å²) in [6.45, 7) is 9.47. The molecule has 3 atom stereocenters. The molecule has 5 heteroatoms. The van der Waals surface area contributed by atoms with Gasteiger partial charge in [-0.25, -0.2) is 4.79 Å². The molecule has 5 nitrogen and oxygen atoms in total. The maximum absolute atomic E-state index is 12.1. The number of hydrogen-bond acceptors (Lipinski definition) is 4. The summed E-state index contributed by atoms with van der Waals surface area (Å²) in [4.78, 5) is 12.1. The van der Waals surface area contributed by atoms with Crippen molar-refractivity contribution in [2.45, 2.75) is 64.9 Å². The molecule has 2 N–H and O–H groups in total. The van der Waals surface area contributed by atoms with Gasteiger partial charge in [-0.1, -0.05) is 23.8 Å². The molecule has 23 heavy (non-hydrogen) atoms. The fourth-order valence-corrected chi connectivity index (χ4v) is 2.77. The standard InChI is InChI=1S/C18H27NO4/c1-11-6-7-14-13(8-11)9-15(22-10-12(2)20)16(14)19-17(21)23-18(3,4)5/h6-8,12,15-16,20H,9-10H2,1-5H3,(H,19,21)/t12-,15-,16+/m0/s1. The van der Waals surface area contributed by atoms with E-state index >= 15 is 0 Å². The number of carbonyl (C=O) groups is 1. The molecule has 0 saturated heterocycles. The first-order chi connectivity index (χ1) is 10.7. The molecule has 1 aromatic carbocycles. The summed E-state index contributed by atoms with van der Waals surface area (Å²) in [5.41, 5.74) is 2.85. The van der Waals surface area contributed by atoms with Gasteiger partial charge in [0.15, 0.2) is 0 Å². The molecule has 2 rings (SSSR count). The number of rotatable bonds is 4. The number of amides is 1. The first-order valence-corrected chi connectivity index (χ1v) is 8.04. The number of aliphatic hydroxyl groups is 1. The predicted molar refractivity (Wildman–Crippen MR) is 88.4 cm³/mol. The third-order valence-corrected chi connectivity index (χ3v) is 3.65. The van der Waals surface area contributed by atoms with E-state index in [4.69, 9.17) is 9.47 Å². The van der Waals surface area contributed by atoms with Crippen LogP contribution in [0.5, 0.6) is 0 Å². The van der Waals surface area contributed by atoms with Crippen LogP contribution in [0, 0.1) is 6.92 Å². The van der Waals surface area contributed by atoms with Crippen LogP contribution < -0.4 is 5.32 Å². The van der Waals surface area contributed by atoms with Crippen LogP contribution in [-0.4, -0.2) is 35.6 Å². The summed E-state index contributed by atoms with van der Waals surface area (Å²) in [6, 6.07) is 5.90. The monoisotopic (exact) mass is 321 g/mol. The van der Waals surface area contributed by atoms with Crippen molar-refractivity contribution in [3.05, 3.63) is 34.9 Å². The lowest BCUT2D eigenvalue weighted by atomic mass is 10.1. The van der Waals surface area contributed by atoms with Gasteiger partial charge in [-0.15, -0.1) is 0 Å². The van der Waals surface area contributed by atoms with Gasteiger partial charge in [0, 0.05) is 6.42 Å². The lowest BCUT2D eigenvalue weighted by molar-refractivity contribution is -0.0169. The SMILES string of the molecule is Cc1ccc2c(c1)C[C@H](OC[C@H](C)O)[C@@H]2NC(=O)OC(C)(C)C. The van der Waals surface area contributed by atoms with E-state index in [-0.39, 0.29) is 18.8 Å². The third kappa shape index (κ3) is 4.94. The maximum atomic E-state index is 12.1. The summed E-state index contributed by atoms with van der Waals surface area (Å²) < 4.78 is 11.2. The Morgan fingerprint density at radius 1 is 1.43 bits per heavy atom. The van der Waals surface area contributed by atoms with Crippen molar-refractivity contribution in [2.75, 3.05) is 6.61 Å². The maximum Gasteiger partial charge on any atom is 0.408 e. The predicted octanol–water partition coefficient (Wildman–Crippen LogP) is 2.88. The Morgan fingerprint density at radius 3 is 2.74 bits per heavy atom. The van der Waals surface area contributed by atoms with E-state index in [1.54, 1.807) is 6.92 Å². The highest BCUT2D eigenvalue weighted by Crippen LogP contribution is 2.34. The van der Waals surface area contributed by atoms with Gasteiger partial charge in [0.1, 0.15) is 5.60 Å². The van der Waals surface area contributed by atoms with Gasteiger partial charge in [-0.05, 0) is 45.7 Å². The van der Waals surface area contributed by atoms with Gasteiger partial charge in [0.05, 0.1) is 24.9 Å². The number of ether oxygens (including phenoxy) is 2. The Bertz CT molecular complexity index is 563. The second-order valence-electron chi connectivity index (χ2n) is 7.25. The summed E-state index contributed by atoms with van der Waals surface area (Å²) >= 11 is 0. The average Bonchev–Trinajstić information content (AvgIpc) is 2.71. The Balaban J connectivity index is 2.15. The van der Waals surface area contributed by atoms with Gasteiger partial charge in [-0.3, -0.25) is 0 Å². The highest BCUT2D eigenvalue weighted by atomic mass is 16.6. The molecular formula is C18H27NO4. The molecule has 1 aliphatic carbocycles. The van der Waals surface area contributed by atoms with Gasteiger partial charge in [0.2, 0.25) is 0 Å². The van der Waals surface area contributed by atoms with Crippen molar-refractivity contribution in [1.29, 1.82) is 0 Å². The van der Waals surface area contributed by atoms with Crippen LogP contribution >= 0.6 is 0 Å². The van der Waals surface area contributed by atoms with Crippen molar-refractivity contribution in [2.24, 2.45) is 0 Å². The van der Waals surface area contributed by atoms with E-state index in [2.05, 4.69) is 11.4 Å². The minimum Gasteiger partial charge on any atom is -0.444 e. The number of nitrogens with one attached hydrogen (secondary N) is 1. The molecule has 0 spiro atoms. The van der Waals surface area contributed by atoms with E-state index in [1.165, 1.54) is 11.1 Å². The minimum absolute atomic E-state index is 0.200. The summed E-state index contributed by atoms with van der Waals surface area (Å²) in [5, 5.41) is 12.4. The third-order valence-electron chi connectivity index (χ3n) is 3.65. The lowest BCUT2D eigenvalue weighted by Gasteiger charge is -2.25. The molecule has 0 radical (unpaired) electrons. The zero-order chi connectivity index (χ0) is 17.2. The van der Waals surface area contributed by atoms with Crippen molar-refractivity contribution in [3.63, 3.8) is 0 Å². The lowest BCUT2D eigenvalue weighted by Crippen LogP contribution is -2.39. The second kappa shape index (κ2) is 6.89. The molecule has 0 fully saturated rings. The van der Waals surface area contributed by atoms with E-state index in [0.717, 1.165) is 5.56 Å². The van der Waals surface area contributed by atoms with Gasteiger partial charge in [-0.2, -0.15) is 0 Å². The zero-order valence-corrected chi connectivity index (χ0v) is 14.6. The summed E-state index contributed by atoms with van der Waals surface area (Å²) in [6.07, 6.45) is -0.484. The molecule has 0 unspecified atom stereocenters. The first-order valence-electron chi connectivity index (χ1n) is 8.04. The van der Waals surface area contributed by atoms with Crippen LogP contribution in [0.15, 0.2) is 18.2 Å². The van der Waals surface area contributed by atoms with Crippen LogP contribution in [0.2, 0.25) is 0 Å². The second-order valence-corrected chi connectivity index (χ2v) is 7.25. The molecule has 1 aromatic rings. The number of aryl methyl sites for hydroxylation is 1. The topological polar surface area (TPSA) is 67.8 Å². The molecule has 0 heterocycles. The summed E-state index contributed by atoms with van der Waals surface area (Å²) in [5.74, 6) is 0. The minimum atomic E-state index is -0.547. The van der Waals surface area contributed by atoms with Crippen LogP contribution in [0.25, 0.3) is 0 Å². The van der Waals surface area contributed by atoms with Crippen LogP contribution in [0.3, 0.4) is 0 Å². The Kier molecular flexibility index (Phi) is 5.32. The van der Waals surface area contributed by atoms with E-state index in [0.29, 0.717) is 6.42 Å². The first kappa shape index (κ1) is 17.8. The van der Waals surface area contributed by atoms with E-state index < -0.39 is 17.8 Å². The quantitative estimate of drug-likeness (QED) is 0.895. The zero-order valence-electron chi connectivity index (χ0n) is 14.6. The number of carbonyl (C=O) groups excluding carboxylic acids is 1. The Labute approximate surface area is 138 Å². The van der Waals surface area contributed by atoms with Gasteiger partial charge in [0.25, 0.3) is 0 Å². The number of aliphatic hydroxyl groups excluding tert-OH is 1. The normalized spacial score (nSPS) is 21.7. The van der Waals surface area contributed by atoms with Crippen molar-refractivity contribution < 1.29 is 19.4 Å². The van der Waals surface area contributed by atoms with E-state index in [9.17, 15) is 9.90 Å². The van der Waals surface area contributed by atoms with Crippen LogP contribution in [0.1, 0.15) is 50.4 Å². The fraction of sp³-hybridized carbons (Fsp3) is 0.611. The summed E-state index contributed by atoms with van der Waals surface area (Å²) in [7, 11) is 0. The number of hydrogen-bond donors (Lipinski definition) is 2. The van der Waals surface area contributed by atoms with Crippen LogP contribution in [0.4, 0.5) is 4.79 Å². The number of benzene rings is 1. The smallest absolute Gasteiger partial charge is 0.408 e. The highest BCUT2D eigenvalue weighted by Gasteiger charge is 2.35. The van der Waals surface area contributed by atoms with Crippen molar-refractivity contribution >= 4 is 6.09 Å². The van der Waals surface area contributed by atoms with Crippen molar-refractivity contribution in [3.8, 4) is 0 Å². The molecule has 128 valence electrons. The fourth-order valence-electron chi connectivity index (χ4n) is 2.77.